The van der Waals surface area contributed by atoms with Crippen LogP contribution >= 0.6 is 0 Å². The molecule has 0 atom stereocenters. The molecular formula is C17H8F26N2O2. The summed E-state index contributed by atoms with van der Waals surface area (Å²) in [5.41, 5.74) is 0. The number of carbonyl (C=O) groups is 2. The zero-order chi connectivity index (χ0) is 38.7. The number of hydrogen-bond donors (Lipinski definition) is 2. The second-order valence-corrected chi connectivity index (χ2v) is 8.60. The zero-order valence-corrected chi connectivity index (χ0v) is 20.8. The molecule has 2 N–H and O–H groups in total. The first-order valence-electron chi connectivity index (χ1n) is 10.5. The lowest BCUT2D eigenvalue weighted by Crippen LogP contribution is -2.72. The van der Waals surface area contributed by atoms with Gasteiger partial charge in [-0.15, -0.1) is 0 Å². The van der Waals surface area contributed by atoms with E-state index >= 15 is 0 Å². The van der Waals surface area contributed by atoms with Crippen LogP contribution in [0.5, 0.6) is 0 Å². The topological polar surface area (TPSA) is 58.2 Å². The van der Waals surface area contributed by atoms with E-state index in [2.05, 4.69) is 0 Å². The molecule has 0 aliphatic heterocycles. The summed E-state index contributed by atoms with van der Waals surface area (Å²) in [6, 6.07) is 0. The van der Waals surface area contributed by atoms with Crippen LogP contribution < -0.4 is 10.6 Å². The van der Waals surface area contributed by atoms with Crippen molar-refractivity contribution in [2.45, 2.75) is 78.0 Å². The molecule has 0 aromatic carbocycles. The largest absolute Gasteiger partial charge is 0.460 e. The van der Waals surface area contributed by atoms with E-state index in [0.717, 1.165) is 0 Å². The minimum atomic E-state index is -8.44. The number of alkyl halides is 26. The maximum Gasteiger partial charge on any atom is 0.460 e. The highest BCUT2D eigenvalue weighted by Crippen LogP contribution is 2.61. The Labute approximate surface area is 238 Å². The summed E-state index contributed by atoms with van der Waals surface area (Å²) in [6.45, 7) is -3.95. The standard InChI is InChI=1S/C17H8F26N2O2/c18-6(19,8(22,23)10(26,27)12(30,31)14(34,35)16(38,39)40)4(46)44-2-1-3-45-5(47)7(20,21)9(24,25)11(28,29)13(32,33)15(36,37)17(41,42)43/h1-3H2,(H,44,46)(H,45,47). The van der Waals surface area contributed by atoms with Crippen molar-refractivity contribution in [2.24, 2.45) is 0 Å². The van der Waals surface area contributed by atoms with Crippen LogP contribution in [0.2, 0.25) is 0 Å². The number of carbonyl (C=O) groups excluding carboxylic acids is 2. The fourth-order valence-corrected chi connectivity index (χ4v) is 2.54. The summed E-state index contributed by atoms with van der Waals surface area (Å²) in [7, 11) is 0. The molecule has 280 valence electrons. The highest BCUT2D eigenvalue weighted by atomic mass is 19.4. The molecule has 0 fully saturated rings. The molecule has 0 aliphatic rings. The van der Waals surface area contributed by atoms with E-state index in [1.807, 2.05) is 0 Å². The third-order valence-corrected chi connectivity index (χ3v) is 5.36. The third kappa shape index (κ3) is 6.35. The molecule has 0 aliphatic carbocycles. The van der Waals surface area contributed by atoms with E-state index in [0.29, 0.717) is 0 Å². The average Bonchev–Trinajstić information content (AvgIpc) is 2.85. The number of nitrogens with one attached hydrogen (secondary N) is 2. The molecule has 30 heteroatoms. The Morgan fingerprint density at radius 1 is 0.319 bits per heavy atom. The summed E-state index contributed by atoms with van der Waals surface area (Å²) in [5.74, 6) is -89.1. The van der Waals surface area contributed by atoms with Gasteiger partial charge in [-0.3, -0.25) is 9.59 Å². The Bertz CT molecular complexity index is 1060. The quantitative estimate of drug-likeness (QED) is 0.147. The summed E-state index contributed by atoms with van der Waals surface area (Å²) in [5, 5.41) is 0.573. The van der Waals surface area contributed by atoms with E-state index in [1.54, 1.807) is 0 Å². The second kappa shape index (κ2) is 11.9. The van der Waals surface area contributed by atoms with Gasteiger partial charge in [0.25, 0.3) is 11.8 Å². The Morgan fingerprint density at radius 3 is 0.702 bits per heavy atom. The lowest BCUT2D eigenvalue weighted by Gasteiger charge is -2.39. The molecule has 0 unspecified atom stereocenters. The maximum absolute atomic E-state index is 13.6. The highest BCUT2D eigenvalue weighted by Gasteiger charge is 2.93. The van der Waals surface area contributed by atoms with Crippen molar-refractivity contribution in [3.8, 4) is 0 Å². The van der Waals surface area contributed by atoms with Crippen molar-refractivity contribution in [1.29, 1.82) is 0 Å². The van der Waals surface area contributed by atoms with E-state index in [1.165, 1.54) is 0 Å². The fraction of sp³-hybridized carbons (Fsp3) is 0.882. The van der Waals surface area contributed by atoms with Crippen LogP contribution in [0.3, 0.4) is 0 Å². The van der Waals surface area contributed by atoms with Crippen molar-refractivity contribution >= 4 is 11.8 Å². The SMILES string of the molecule is O=C(NCCCNC(=O)C(F)(F)C(F)(F)C(F)(F)C(F)(F)C(F)(F)C(F)(F)F)C(F)(F)C(F)(F)C(F)(F)C(F)(F)C(F)(F)C(F)(F)F. The van der Waals surface area contributed by atoms with Crippen LogP contribution in [0.25, 0.3) is 0 Å². The van der Waals surface area contributed by atoms with Crippen LogP contribution in [0.1, 0.15) is 6.42 Å². The van der Waals surface area contributed by atoms with E-state index in [4.69, 9.17) is 0 Å². The molecule has 0 rings (SSSR count). The van der Waals surface area contributed by atoms with Crippen molar-refractivity contribution in [1.82, 2.24) is 10.6 Å². The van der Waals surface area contributed by atoms with Crippen LogP contribution in [0, 0.1) is 0 Å². The zero-order valence-electron chi connectivity index (χ0n) is 20.8. The molecule has 0 aromatic heterocycles. The molecule has 0 aromatic rings. The molecule has 0 radical (unpaired) electrons. The molecule has 0 saturated heterocycles. The van der Waals surface area contributed by atoms with Gasteiger partial charge in [-0.1, -0.05) is 0 Å². The Morgan fingerprint density at radius 2 is 0.511 bits per heavy atom. The van der Waals surface area contributed by atoms with Crippen LogP contribution in [0.15, 0.2) is 0 Å². The fourth-order valence-electron chi connectivity index (χ4n) is 2.54. The van der Waals surface area contributed by atoms with E-state index in [-0.39, 0.29) is 10.6 Å². The molecule has 0 saturated carbocycles. The number of halogens is 26. The number of hydrogen-bond acceptors (Lipinski definition) is 2. The van der Waals surface area contributed by atoms with Gasteiger partial charge in [0.15, 0.2) is 0 Å². The normalized spacial score (nSPS) is 15.9. The molecule has 4 nitrogen and oxygen atoms in total. The average molecular weight is 766 g/mol. The molecule has 47 heavy (non-hydrogen) atoms. The van der Waals surface area contributed by atoms with Crippen LogP contribution in [-0.2, 0) is 9.59 Å². The van der Waals surface area contributed by atoms with Gasteiger partial charge in [0.05, 0.1) is 0 Å². The van der Waals surface area contributed by atoms with Gasteiger partial charge >= 0.3 is 71.6 Å². The molecule has 0 bridgehead atoms. The monoisotopic (exact) mass is 766 g/mol. The highest BCUT2D eigenvalue weighted by molar-refractivity contribution is 5.85. The summed E-state index contributed by atoms with van der Waals surface area (Å²) >= 11 is 0. The van der Waals surface area contributed by atoms with E-state index < -0.39 is 103 Å². The Balaban J connectivity index is 5.79. The number of rotatable bonds is 14. The number of amides is 2. The predicted molar refractivity (Wildman–Crippen MR) is 92.2 cm³/mol. The van der Waals surface area contributed by atoms with Crippen LogP contribution in [0.4, 0.5) is 114 Å². The lowest BCUT2D eigenvalue weighted by molar-refractivity contribution is -0.436. The minimum Gasteiger partial charge on any atom is -0.351 e. The van der Waals surface area contributed by atoms with Gasteiger partial charge in [-0.05, 0) is 6.42 Å². The van der Waals surface area contributed by atoms with Crippen molar-refractivity contribution < 1.29 is 124 Å². The Kier molecular flexibility index (Phi) is 11.2. The van der Waals surface area contributed by atoms with Crippen molar-refractivity contribution in [2.75, 3.05) is 13.1 Å². The second-order valence-electron chi connectivity index (χ2n) is 8.60. The van der Waals surface area contributed by atoms with Gasteiger partial charge in [0.1, 0.15) is 0 Å². The predicted octanol–water partition coefficient (Wildman–Crippen LogP) is 7.09. The molecular weight excluding hydrogens is 758 g/mol. The van der Waals surface area contributed by atoms with Gasteiger partial charge < -0.3 is 10.6 Å². The Hall–Kier alpha value is -2.88. The lowest BCUT2D eigenvalue weighted by atomic mass is 9.93. The summed E-state index contributed by atoms with van der Waals surface area (Å²) in [6.07, 6.45) is -17.3. The van der Waals surface area contributed by atoms with Crippen LogP contribution in [-0.4, -0.2) is 96.5 Å². The molecule has 0 heterocycles. The minimum absolute atomic E-state index is 0.286. The summed E-state index contributed by atoms with van der Waals surface area (Å²) < 4.78 is 337. The van der Waals surface area contributed by atoms with Gasteiger partial charge in [-0.25, -0.2) is 0 Å². The van der Waals surface area contributed by atoms with Gasteiger partial charge in [0, 0.05) is 13.1 Å². The first-order chi connectivity index (χ1) is 20.0. The van der Waals surface area contributed by atoms with Crippen molar-refractivity contribution in [3.05, 3.63) is 0 Å². The summed E-state index contributed by atoms with van der Waals surface area (Å²) in [4.78, 5) is 22.3. The molecule has 2 amide bonds. The first kappa shape index (κ1) is 44.1. The molecule has 0 spiro atoms. The first-order valence-corrected chi connectivity index (χ1v) is 10.5. The van der Waals surface area contributed by atoms with E-state index in [9.17, 15) is 124 Å². The third-order valence-electron chi connectivity index (χ3n) is 5.36. The van der Waals surface area contributed by atoms with Crippen molar-refractivity contribution in [3.63, 3.8) is 0 Å². The maximum atomic E-state index is 13.6. The van der Waals surface area contributed by atoms with Gasteiger partial charge in [-0.2, -0.15) is 114 Å². The smallest absolute Gasteiger partial charge is 0.351 e. The van der Waals surface area contributed by atoms with Gasteiger partial charge in [0.2, 0.25) is 0 Å².